The van der Waals surface area contributed by atoms with Crippen molar-refractivity contribution in [1.29, 1.82) is 0 Å². The fourth-order valence-corrected chi connectivity index (χ4v) is 4.93. The number of allylic oxidation sites excluding steroid dienone is 2. The highest BCUT2D eigenvalue weighted by atomic mass is 32.1. The maximum atomic E-state index is 13.1. The number of carbonyl (C=O) groups is 2. The van der Waals surface area contributed by atoms with E-state index in [1.165, 1.54) is 0 Å². The molecule has 4 rings (SSSR count). The van der Waals surface area contributed by atoms with Crippen molar-refractivity contribution in [2.75, 3.05) is 7.11 Å². The van der Waals surface area contributed by atoms with Gasteiger partial charge in [-0.05, 0) is 48.9 Å². The Morgan fingerprint density at radius 1 is 1.21 bits per heavy atom. The van der Waals surface area contributed by atoms with E-state index in [1.807, 2.05) is 48.7 Å². The number of nitrogens with zero attached hydrogens (tertiary/aromatic N) is 1. The number of aliphatic imine (C=N–C) groups is 1. The maximum absolute atomic E-state index is 13.1. The van der Waals surface area contributed by atoms with Crippen molar-refractivity contribution in [2.24, 2.45) is 10.9 Å². The minimum Gasteiger partial charge on any atom is -0.497 e. The second-order valence-electron chi connectivity index (χ2n) is 7.32. The number of hydrogen-bond acceptors (Lipinski definition) is 6. The number of ketones is 1. The molecule has 2 heterocycles. The molecule has 5 nitrogen and oxygen atoms in total. The molecule has 0 radical (unpaired) electrons. The van der Waals surface area contributed by atoms with E-state index in [2.05, 4.69) is 4.99 Å². The summed E-state index contributed by atoms with van der Waals surface area (Å²) >= 11 is 1.57. The van der Waals surface area contributed by atoms with Gasteiger partial charge in [-0.2, -0.15) is 0 Å². The van der Waals surface area contributed by atoms with Gasteiger partial charge >= 0.3 is 5.97 Å². The van der Waals surface area contributed by atoms with Crippen LogP contribution in [0.4, 0.5) is 0 Å². The molecule has 0 fully saturated rings. The van der Waals surface area contributed by atoms with Gasteiger partial charge in [0.15, 0.2) is 5.78 Å². The van der Waals surface area contributed by atoms with E-state index in [9.17, 15) is 9.59 Å². The number of carbonyl (C=O) groups excluding carboxylic acids is 2. The third-order valence-corrected chi connectivity index (χ3v) is 6.43. The Kier molecular flexibility index (Phi) is 5.62. The van der Waals surface area contributed by atoms with Crippen molar-refractivity contribution in [1.82, 2.24) is 0 Å². The lowest BCUT2D eigenvalue weighted by Gasteiger charge is -2.33. The molecule has 1 aliphatic heterocycles. The Bertz CT molecular complexity index is 973. The predicted molar refractivity (Wildman–Crippen MR) is 112 cm³/mol. The van der Waals surface area contributed by atoms with Crippen LogP contribution < -0.4 is 4.74 Å². The van der Waals surface area contributed by atoms with Crippen molar-refractivity contribution in [3.63, 3.8) is 0 Å². The number of rotatable bonds is 5. The van der Waals surface area contributed by atoms with Crippen molar-refractivity contribution >= 4 is 28.8 Å². The van der Waals surface area contributed by atoms with Gasteiger partial charge in [0.25, 0.3) is 0 Å². The highest BCUT2D eigenvalue weighted by Crippen LogP contribution is 2.44. The Labute approximate surface area is 174 Å². The maximum Gasteiger partial charge on any atom is 0.316 e. The number of ether oxygens (including phenoxy) is 2. The minimum atomic E-state index is -0.576. The van der Waals surface area contributed by atoms with Crippen molar-refractivity contribution in [3.8, 4) is 5.75 Å². The molecule has 150 valence electrons. The fraction of sp³-hybridized carbons (Fsp3) is 0.348. The van der Waals surface area contributed by atoms with Crippen LogP contribution in [0.2, 0.25) is 0 Å². The smallest absolute Gasteiger partial charge is 0.316 e. The van der Waals surface area contributed by atoms with Gasteiger partial charge in [-0.15, -0.1) is 11.3 Å². The number of thiophene rings is 1. The van der Waals surface area contributed by atoms with Crippen LogP contribution in [0.5, 0.6) is 5.75 Å². The van der Waals surface area contributed by atoms with Crippen LogP contribution in [0.1, 0.15) is 42.5 Å². The first-order valence-electron chi connectivity index (χ1n) is 9.73. The summed E-state index contributed by atoms with van der Waals surface area (Å²) in [7, 11) is 1.61. The summed E-state index contributed by atoms with van der Waals surface area (Å²) in [5, 5.41) is 1.98. The lowest BCUT2D eigenvalue weighted by atomic mass is 9.74. The zero-order valence-corrected chi connectivity index (χ0v) is 17.3. The van der Waals surface area contributed by atoms with E-state index in [4.69, 9.17) is 9.47 Å². The molecule has 0 saturated heterocycles. The van der Waals surface area contributed by atoms with Crippen LogP contribution in [0.25, 0.3) is 0 Å². The van der Waals surface area contributed by atoms with Gasteiger partial charge in [0, 0.05) is 34.2 Å². The third-order valence-electron chi connectivity index (χ3n) is 5.48. The first kappa shape index (κ1) is 19.6. The molecule has 1 aromatic heterocycles. The van der Waals surface area contributed by atoms with Crippen LogP contribution >= 0.6 is 11.3 Å². The SMILES string of the molecule is COc1ccc(COC(=O)C2C(C)=NC3=C(C(=O)CCC3)[C@H]2c2cccs2)cc1. The second-order valence-corrected chi connectivity index (χ2v) is 8.30. The van der Waals surface area contributed by atoms with E-state index in [0.29, 0.717) is 12.0 Å². The van der Waals surface area contributed by atoms with Crippen LogP contribution in [0.15, 0.2) is 58.0 Å². The Morgan fingerprint density at radius 2 is 2.00 bits per heavy atom. The molecular formula is C23H23NO4S. The largest absolute Gasteiger partial charge is 0.497 e. The van der Waals surface area contributed by atoms with E-state index in [1.54, 1.807) is 18.4 Å². The highest BCUT2D eigenvalue weighted by Gasteiger charge is 2.43. The minimum absolute atomic E-state index is 0.105. The van der Waals surface area contributed by atoms with Crippen LogP contribution in [0, 0.1) is 5.92 Å². The Morgan fingerprint density at radius 3 is 2.69 bits per heavy atom. The average Bonchev–Trinajstić information content (AvgIpc) is 3.26. The van der Waals surface area contributed by atoms with Crippen LogP contribution in [-0.4, -0.2) is 24.6 Å². The first-order chi connectivity index (χ1) is 14.1. The molecular weight excluding hydrogens is 386 g/mol. The predicted octanol–water partition coefficient (Wildman–Crippen LogP) is 4.68. The van der Waals surface area contributed by atoms with Crippen molar-refractivity contribution < 1.29 is 19.1 Å². The topological polar surface area (TPSA) is 65.0 Å². The quantitative estimate of drug-likeness (QED) is 0.673. The number of esters is 1. The molecule has 0 amide bonds. The molecule has 1 aliphatic carbocycles. The van der Waals surface area contributed by atoms with E-state index >= 15 is 0 Å². The van der Waals surface area contributed by atoms with Gasteiger partial charge in [-0.25, -0.2) is 0 Å². The number of methoxy groups -OCH3 is 1. The lowest BCUT2D eigenvalue weighted by Crippen LogP contribution is -2.36. The molecule has 0 saturated carbocycles. The summed E-state index contributed by atoms with van der Waals surface area (Å²) in [6, 6.07) is 11.4. The van der Waals surface area contributed by atoms with Gasteiger partial charge in [-0.1, -0.05) is 18.2 Å². The van der Waals surface area contributed by atoms with Crippen LogP contribution in [0.3, 0.4) is 0 Å². The standard InChI is InChI=1S/C23H23NO4S/c1-14-20(23(26)28-13-15-8-10-16(27-2)11-9-15)22(19-7-4-12-29-19)21-17(24-14)5-3-6-18(21)25/h4,7-12,20,22H,3,5-6,13H2,1-2H3/t20?,22-/m0/s1. The second kappa shape index (κ2) is 8.33. The molecule has 2 atom stereocenters. The molecule has 0 N–H and O–H groups in total. The molecule has 2 aliphatic rings. The van der Waals surface area contributed by atoms with Crippen molar-refractivity contribution in [2.45, 2.75) is 38.7 Å². The molecule has 6 heteroatoms. The summed E-state index contributed by atoms with van der Waals surface area (Å²) < 4.78 is 10.8. The molecule has 29 heavy (non-hydrogen) atoms. The third kappa shape index (κ3) is 3.90. The number of Topliss-reactive ketones (excluding diaryl/α,β-unsaturated/α-hetero) is 1. The summed E-state index contributed by atoms with van der Waals surface area (Å²) in [5.41, 5.74) is 3.15. The molecule has 2 aromatic rings. The number of benzene rings is 1. The van der Waals surface area contributed by atoms with E-state index in [0.717, 1.165) is 40.4 Å². The highest BCUT2D eigenvalue weighted by molar-refractivity contribution is 7.10. The zero-order chi connectivity index (χ0) is 20.4. The van der Waals surface area contributed by atoms with Gasteiger partial charge in [0.2, 0.25) is 0 Å². The first-order valence-corrected chi connectivity index (χ1v) is 10.6. The average molecular weight is 410 g/mol. The summed E-state index contributed by atoms with van der Waals surface area (Å²) in [6.07, 6.45) is 2.12. The molecule has 1 unspecified atom stereocenters. The molecule has 1 aromatic carbocycles. The molecule has 0 bridgehead atoms. The molecule has 0 spiro atoms. The van der Waals surface area contributed by atoms with E-state index in [-0.39, 0.29) is 24.3 Å². The summed E-state index contributed by atoms with van der Waals surface area (Å²) in [5.74, 6) is -0.367. The van der Waals surface area contributed by atoms with Crippen molar-refractivity contribution in [3.05, 3.63) is 63.5 Å². The zero-order valence-electron chi connectivity index (χ0n) is 16.5. The summed E-state index contributed by atoms with van der Waals surface area (Å²) in [4.78, 5) is 31.6. The fourth-order valence-electron chi connectivity index (χ4n) is 4.05. The van der Waals surface area contributed by atoms with Gasteiger partial charge in [0.05, 0.1) is 7.11 Å². The van der Waals surface area contributed by atoms with Gasteiger partial charge in [-0.3, -0.25) is 14.6 Å². The lowest BCUT2D eigenvalue weighted by molar-refractivity contribution is -0.147. The van der Waals surface area contributed by atoms with Gasteiger partial charge < -0.3 is 9.47 Å². The van der Waals surface area contributed by atoms with E-state index < -0.39 is 5.92 Å². The van der Waals surface area contributed by atoms with Gasteiger partial charge in [0.1, 0.15) is 18.3 Å². The monoisotopic (exact) mass is 409 g/mol. The normalized spacial score (nSPS) is 21.4. The summed E-state index contributed by atoms with van der Waals surface area (Å²) in [6.45, 7) is 2.03. The Hall–Kier alpha value is -2.73. The van der Waals surface area contributed by atoms with Crippen LogP contribution in [-0.2, 0) is 20.9 Å². The Balaban J connectivity index is 1.60. The number of hydrogen-bond donors (Lipinski definition) is 0.